The van der Waals surface area contributed by atoms with E-state index in [0.29, 0.717) is 0 Å². The van der Waals surface area contributed by atoms with Crippen molar-refractivity contribution in [2.45, 2.75) is 44.8 Å². The summed E-state index contributed by atoms with van der Waals surface area (Å²) < 4.78 is 5.79. The van der Waals surface area contributed by atoms with Crippen LogP contribution >= 0.6 is 0 Å². The van der Waals surface area contributed by atoms with Crippen LogP contribution in [0.15, 0.2) is 0 Å². The summed E-state index contributed by atoms with van der Waals surface area (Å²) in [6.45, 7) is 9.11. The molecule has 0 aliphatic carbocycles. The Bertz CT molecular complexity index is 230. The highest BCUT2D eigenvalue weighted by Crippen LogP contribution is 2.30. The molecule has 2 heterocycles. The average molecular weight is 226 g/mol. The van der Waals surface area contributed by atoms with Gasteiger partial charge in [0.1, 0.15) is 0 Å². The van der Waals surface area contributed by atoms with Crippen LogP contribution in [0.5, 0.6) is 0 Å². The van der Waals surface area contributed by atoms with Crippen molar-refractivity contribution in [2.75, 3.05) is 33.3 Å². The van der Waals surface area contributed by atoms with Crippen molar-refractivity contribution in [3.8, 4) is 0 Å². The highest BCUT2D eigenvalue weighted by molar-refractivity contribution is 4.88. The van der Waals surface area contributed by atoms with E-state index in [2.05, 4.69) is 31.1 Å². The maximum Gasteiger partial charge on any atom is 0.0641 e. The lowest BCUT2D eigenvalue weighted by Crippen LogP contribution is -2.45. The SMILES string of the molecule is CNCC1CCN(C2CCOC(C)(C)C2)C1. The molecule has 0 aromatic rings. The van der Waals surface area contributed by atoms with Gasteiger partial charge in [-0.05, 0) is 59.2 Å². The third-order valence-corrected chi connectivity index (χ3v) is 4.00. The topological polar surface area (TPSA) is 24.5 Å². The highest BCUT2D eigenvalue weighted by Gasteiger charge is 2.35. The third-order valence-electron chi connectivity index (χ3n) is 4.00. The van der Waals surface area contributed by atoms with E-state index in [1.807, 2.05) is 0 Å². The van der Waals surface area contributed by atoms with Gasteiger partial charge in [0.15, 0.2) is 0 Å². The molecule has 94 valence electrons. The van der Waals surface area contributed by atoms with Gasteiger partial charge >= 0.3 is 0 Å². The van der Waals surface area contributed by atoms with E-state index in [0.717, 1.165) is 18.6 Å². The zero-order chi connectivity index (χ0) is 11.6. The van der Waals surface area contributed by atoms with Crippen molar-refractivity contribution in [1.29, 1.82) is 0 Å². The van der Waals surface area contributed by atoms with Crippen molar-refractivity contribution in [3.05, 3.63) is 0 Å². The van der Waals surface area contributed by atoms with Gasteiger partial charge in [-0.25, -0.2) is 0 Å². The summed E-state index contributed by atoms with van der Waals surface area (Å²) in [7, 11) is 2.06. The average Bonchev–Trinajstić information content (AvgIpc) is 2.65. The van der Waals surface area contributed by atoms with Crippen LogP contribution in [0, 0.1) is 5.92 Å². The summed E-state index contributed by atoms with van der Waals surface area (Å²) in [6.07, 6.45) is 3.77. The van der Waals surface area contributed by atoms with Gasteiger partial charge < -0.3 is 10.1 Å². The molecular formula is C13H26N2O. The molecule has 0 radical (unpaired) electrons. The second-order valence-corrected chi connectivity index (χ2v) is 5.96. The molecule has 2 aliphatic rings. The fourth-order valence-corrected chi connectivity index (χ4v) is 3.16. The number of rotatable bonds is 3. The van der Waals surface area contributed by atoms with Crippen LogP contribution in [0.2, 0.25) is 0 Å². The molecule has 0 aromatic carbocycles. The van der Waals surface area contributed by atoms with Gasteiger partial charge in [0.25, 0.3) is 0 Å². The molecule has 3 nitrogen and oxygen atoms in total. The normalized spacial score (nSPS) is 35.4. The van der Waals surface area contributed by atoms with E-state index < -0.39 is 0 Å². The van der Waals surface area contributed by atoms with Crippen LogP contribution in [0.4, 0.5) is 0 Å². The highest BCUT2D eigenvalue weighted by atomic mass is 16.5. The first-order chi connectivity index (χ1) is 7.61. The molecule has 0 amide bonds. The lowest BCUT2D eigenvalue weighted by atomic mass is 9.93. The molecule has 0 aromatic heterocycles. The summed E-state index contributed by atoms with van der Waals surface area (Å²) in [4.78, 5) is 2.69. The molecule has 2 atom stereocenters. The van der Waals surface area contributed by atoms with E-state index in [1.54, 1.807) is 0 Å². The molecule has 16 heavy (non-hydrogen) atoms. The Morgan fingerprint density at radius 1 is 1.38 bits per heavy atom. The van der Waals surface area contributed by atoms with Gasteiger partial charge in [-0.1, -0.05) is 0 Å². The van der Waals surface area contributed by atoms with Gasteiger partial charge in [0.05, 0.1) is 5.60 Å². The first-order valence-corrected chi connectivity index (χ1v) is 6.63. The maximum absolute atomic E-state index is 5.79. The Hall–Kier alpha value is -0.120. The number of hydrogen-bond acceptors (Lipinski definition) is 3. The second-order valence-electron chi connectivity index (χ2n) is 5.96. The number of nitrogens with one attached hydrogen (secondary N) is 1. The van der Waals surface area contributed by atoms with Crippen LogP contribution in [0.3, 0.4) is 0 Å². The van der Waals surface area contributed by atoms with Crippen LogP contribution in [-0.4, -0.2) is 49.8 Å². The van der Waals surface area contributed by atoms with Crippen molar-refractivity contribution in [2.24, 2.45) is 5.92 Å². The second kappa shape index (κ2) is 5.03. The molecule has 0 bridgehead atoms. The zero-order valence-electron chi connectivity index (χ0n) is 11.0. The fourth-order valence-electron chi connectivity index (χ4n) is 3.16. The van der Waals surface area contributed by atoms with Gasteiger partial charge in [-0.15, -0.1) is 0 Å². The molecule has 0 spiro atoms. The summed E-state index contributed by atoms with van der Waals surface area (Å²) in [6, 6.07) is 0.755. The molecule has 2 saturated heterocycles. The Balaban J connectivity index is 1.84. The molecule has 0 saturated carbocycles. The Morgan fingerprint density at radius 3 is 2.88 bits per heavy atom. The van der Waals surface area contributed by atoms with Gasteiger partial charge in [-0.2, -0.15) is 0 Å². The monoisotopic (exact) mass is 226 g/mol. The van der Waals surface area contributed by atoms with Gasteiger partial charge in [-0.3, -0.25) is 4.90 Å². The summed E-state index contributed by atoms with van der Waals surface area (Å²) in [5.74, 6) is 0.857. The Morgan fingerprint density at radius 2 is 2.19 bits per heavy atom. The first kappa shape index (κ1) is 12.3. The minimum absolute atomic E-state index is 0.0873. The predicted octanol–water partition coefficient (Wildman–Crippen LogP) is 1.49. The van der Waals surface area contributed by atoms with E-state index in [1.165, 1.54) is 38.9 Å². The lowest BCUT2D eigenvalue weighted by molar-refractivity contribution is -0.0806. The van der Waals surface area contributed by atoms with Crippen molar-refractivity contribution < 1.29 is 4.74 Å². The molecule has 2 unspecified atom stereocenters. The van der Waals surface area contributed by atoms with Gasteiger partial charge in [0.2, 0.25) is 0 Å². The largest absolute Gasteiger partial charge is 0.375 e. The van der Waals surface area contributed by atoms with E-state index in [9.17, 15) is 0 Å². The molecule has 2 fully saturated rings. The standard InChI is InChI=1S/C13H26N2O/c1-13(2)8-12(5-7-16-13)15-6-4-11(10-15)9-14-3/h11-12,14H,4-10H2,1-3H3. The number of hydrogen-bond donors (Lipinski definition) is 1. The fraction of sp³-hybridized carbons (Fsp3) is 1.00. The van der Waals surface area contributed by atoms with Crippen LogP contribution in [0.25, 0.3) is 0 Å². The maximum atomic E-state index is 5.79. The minimum Gasteiger partial charge on any atom is -0.375 e. The Labute approximate surface area is 99.5 Å². The molecule has 1 N–H and O–H groups in total. The van der Waals surface area contributed by atoms with Gasteiger partial charge in [0, 0.05) is 19.2 Å². The molecule has 3 heteroatoms. The number of likely N-dealkylation sites (tertiary alicyclic amines) is 1. The van der Waals surface area contributed by atoms with Crippen molar-refractivity contribution >= 4 is 0 Å². The van der Waals surface area contributed by atoms with Crippen molar-refractivity contribution in [3.63, 3.8) is 0 Å². The summed E-state index contributed by atoms with van der Waals surface area (Å²) in [5.41, 5.74) is 0.0873. The van der Waals surface area contributed by atoms with Crippen LogP contribution < -0.4 is 5.32 Å². The molecular weight excluding hydrogens is 200 g/mol. The van der Waals surface area contributed by atoms with E-state index in [-0.39, 0.29) is 5.60 Å². The first-order valence-electron chi connectivity index (χ1n) is 6.63. The zero-order valence-corrected chi connectivity index (χ0v) is 11.0. The van der Waals surface area contributed by atoms with Crippen LogP contribution in [-0.2, 0) is 4.74 Å². The quantitative estimate of drug-likeness (QED) is 0.789. The molecule has 2 aliphatic heterocycles. The third kappa shape index (κ3) is 2.96. The summed E-state index contributed by atoms with van der Waals surface area (Å²) >= 11 is 0. The number of nitrogens with zero attached hydrogens (tertiary/aromatic N) is 1. The van der Waals surface area contributed by atoms with Crippen molar-refractivity contribution in [1.82, 2.24) is 10.2 Å². The Kier molecular flexibility index (Phi) is 3.88. The summed E-state index contributed by atoms with van der Waals surface area (Å²) in [5, 5.41) is 3.30. The molecule has 2 rings (SSSR count). The van der Waals surface area contributed by atoms with E-state index in [4.69, 9.17) is 4.74 Å². The lowest BCUT2D eigenvalue weighted by Gasteiger charge is -2.39. The minimum atomic E-state index is 0.0873. The number of ether oxygens (including phenoxy) is 1. The smallest absolute Gasteiger partial charge is 0.0641 e. The predicted molar refractivity (Wildman–Crippen MR) is 66.7 cm³/mol. The van der Waals surface area contributed by atoms with Crippen LogP contribution in [0.1, 0.15) is 33.1 Å². The van der Waals surface area contributed by atoms with E-state index >= 15 is 0 Å².